The molecule has 1 aliphatic carbocycles. The summed E-state index contributed by atoms with van der Waals surface area (Å²) < 4.78 is 13.9. The molecule has 1 N–H and O–H groups in total. The average Bonchev–Trinajstić information content (AvgIpc) is 2.79. The lowest BCUT2D eigenvalue weighted by atomic mass is 9.76. The van der Waals surface area contributed by atoms with Crippen LogP contribution in [0.2, 0.25) is 10.3 Å². The molecule has 1 aliphatic rings. The van der Waals surface area contributed by atoms with Crippen LogP contribution in [0.25, 0.3) is 21.8 Å². The third-order valence-electron chi connectivity index (χ3n) is 6.72. The minimum absolute atomic E-state index is 0.205. The fourth-order valence-corrected chi connectivity index (χ4v) is 5.53. The third kappa shape index (κ3) is 4.90. The van der Waals surface area contributed by atoms with Gasteiger partial charge in [-0.05, 0) is 110 Å². The number of rotatable bonds is 5. The summed E-state index contributed by atoms with van der Waals surface area (Å²) in [6.07, 6.45) is 7.38. The molecule has 4 nitrogen and oxygen atoms in total. The Balaban J connectivity index is 1.25. The van der Waals surface area contributed by atoms with E-state index >= 15 is 0 Å². The molecule has 0 saturated heterocycles. The van der Waals surface area contributed by atoms with E-state index < -0.39 is 0 Å². The SMILES string of the molecule is C[C@H](C[C@H]1CC[C@H](c2ccnc3ccc(F)cc32)CC1)Nc1nc(Cl)nc2ccc(Cl)cc12. The maximum Gasteiger partial charge on any atom is 0.224 e. The van der Waals surface area contributed by atoms with Crippen LogP contribution in [0, 0.1) is 11.7 Å². The van der Waals surface area contributed by atoms with Crippen LogP contribution >= 0.6 is 23.2 Å². The highest BCUT2D eigenvalue weighted by Crippen LogP contribution is 2.40. The van der Waals surface area contributed by atoms with Gasteiger partial charge in [0.05, 0.1) is 11.0 Å². The van der Waals surface area contributed by atoms with E-state index in [1.807, 2.05) is 18.3 Å². The summed E-state index contributed by atoms with van der Waals surface area (Å²) in [5.41, 5.74) is 2.86. The molecule has 33 heavy (non-hydrogen) atoms. The van der Waals surface area contributed by atoms with E-state index in [0.717, 1.165) is 59.7 Å². The average molecular weight is 483 g/mol. The largest absolute Gasteiger partial charge is 0.367 e. The predicted octanol–water partition coefficient (Wildman–Crippen LogP) is 7.79. The molecule has 0 aliphatic heterocycles. The van der Waals surface area contributed by atoms with Crippen LogP contribution in [-0.2, 0) is 0 Å². The molecule has 4 aromatic rings. The van der Waals surface area contributed by atoms with Gasteiger partial charge in [0, 0.05) is 28.0 Å². The van der Waals surface area contributed by atoms with E-state index in [1.54, 1.807) is 18.2 Å². The zero-order valence-corrected chi connectivity index (χ0v) is 19.9. The third-order valence-corrected chi connectivity index (χ3v) is 7.13. The van der Waals surface area contributed by atoms with Crippen molar-refractivity contribution in [2.75, 3.05) is 5.32 Å². The fourth-order valence-electron chi connectivity index (χ4n) is 5.18. The van der Waals surface area contributed by atoms with Gasteiger partial charge in [-0.15, -0.1) is 0 Å². The number of hydrogen-bond donors (Lipinski definition) is 1. The normalized spacial score (nSPS) is 19.6. The van der Waals surface area contributed by atoms with Crippen molar-refractivity contribution in [2.45, 2.75) is 51.0 Å². The molecule has 5 rings (SSSR count). The van der Waals surface area contributed by atoms with Gasteiger partial charge in [0.15, 0.2) is 0 Å². The van der Waals surface area contributed by atoms with E-state index in [1.165, 1.54) is 11.6 Å². The second-order valence-corrected chi connectivity index (χ2v) is 9.84. The van der Waals surface area contributed by atoms with E-state index in [9.17, 15) is 4.39 Å². The van der Waals surface area contributed by atoms with E-state index in [2.05, 4.69) is 33.3 Å². The Morgan fingerprint density at radius 3 is 2.58 bits per heavy atom. The van der Waals surface area contributed by atoms with Gasteiger partial charge in [-0.2, -0.15) is 0 Å². The number of anilines is 1. The van der Waals surface area contributed by atoms with Crippen molar-refractivity contribution in [3.8, 4) is 0 Å². The van der Waals surface area contributed by atoms with Crippen molar-refractivity contribution in [2.24, 2.45) is 5.92 Å². The second-order valence-electron chi connectivity index (χ2n) is 9.06. The Labute approximate surface area is 202 Å². The van der Waals surface area contributed by atoms with Gasteiger partial charge >= 0.3 is 0 Å². The van der Waals surface area contributed by atoms with Crippen molar-refractivity contribution >= 4 is 50.8 Å². The Bertz CT molecular complexity index is 1300. The first-order valence-electron chi connectivity index (χ1n) is 11.4. The maximum absolute atomic E-state index is 13.9. The molecule has 7 heteroatoms. The smallest absolute Gasteiger partial charge is 0.224 e. The number of aromatic nitrogens is 3. The molecule has 1 fully saturated rings. The zero-order valence-electron chi connectivity index (χ0n) is 18.4. The van der Waals surface area contributed by atoms with Crippen molar-refractivity contribution in [1.29, 1.82) is 0 Å². The van der Waals surface area contributed by atoms with Gasteiger partial charge in [-0.25, -0.2) is 14.4 Å². The standard InChI is InChI=1S/C26H25Cl2FN4/c1-15(31-25-22-13-18(27)6-8-24(22)32-26(28)33-25)12-16-2-4-17(5-3-16)20-10-11-30-23-9-7-19(29)14-21(20)23/h6-11,13-17H,2-5,12H2,1H3,(H,31,32,33)/t15-,16-,17-/m1/s1. The number of halogens is 3. The number of fused-ring (bicyclic) bond motifs is 2. The van der Waals surface area contributed by atoms with Gasteiger partial charge in [0.1, 0.15) is 11.6 Å². The quantitative estimate of drug-likeness (QED) is 0.295. The molecule has 2 heterocycles. The Morgan fingerprint density at radius 2 is 1.76 bits per heavy atom. The van der Waals surface area contributed by atoms with Gasteiger partial charge in [-0.1, -0.05) is 11.6 Å². The second kappa shape index (κ2) is 9.40. The first kappa shape index (κ1) is 22.3. The monoisotopic (exact) mass is 482 g/mol. The van der Waals surface area contributed by atoms with Crippen molar-refractivity contribution in [1.82, 2.24) is 15.0 Å². The highest BCUT2D eigenvalue weighted by molar-refractivity contribution is 6.31. The van der Waals surface area contributed by atoms with Gasteiger partial charge in [0.2, 0.25) is 5.28 Å². The summed E-state index contributed by atoms with van der Waals surface area (Å²) in [4.78, 5) is 13.1. The molecular weight excluding hydrogens is 458 g/mol. The van der Waals surface area contributed by atoms with E-state index in [-0.39, 0.29) is 17.1 Å². The highest BCUT2D eigenvalue weighted by Gasteiger charge is 2.25. The molecule has 0 amide bonds. The molecule has 0 bridgehead atoms. The van der Waals surface area contributed by atoms with Crippen molar-refractivity contribution in [3.05, 3.63) is 70.3 Å². The summed E-state index contributed by atoms with van der Waals surface area (Å²) in [5.74, 6) is 1.59. The molecule has 170 valence electrons. The van der Waals surface area contributed by atoms with Crippen LogP contribution in [0.5, 0.6) is 0 Å². The van der Waals surface area contributed by atoms with Crippen LogP contribution in [0.3, 0.4) is 0 Å². The van der Waals surface area contributed by atoms with Crippen LogP contribution < -0.4 is 5.32 Å². The predicted molar refractivity (Wildman–Crippen MR) is 134 cm³/mol. The molecule has 1 atom stereocenters. The summed E-state index contributed by atoms with van der Waals surface area (Å²) in [5, 5.41) is 6.22. The molecule has 0 radical (unpaired) electrons. The number of pyridine rings is 1. The van der Waals surface area contributed by atoms with Gasteiger partial charge in [-0.3, -0.25) is 4.98 Å². The van der Waals surface area contributed by atoms with Gasteiger partial charge < -0.3 is 5.32 Å². The fraction of sp³-hybridized carbons (Fsp3) is 0.346. The summed E-state index contributed by atoms with van der Waals surface area (Å²) in [6, 6.07) is 12.7. The van der Waals surface area contributed by atoms with Crippen molar-refractivity contribution in [3.63, 3.8) is 0 Å². The Kier molecular flexibility index (Phi) is 6.35. The van der Waals surface area contributed by atoms with Crippen LogP contribution in [0.1, 0.15) is 50.5 Å². The lowest BCUT2D eigenvalue weighted by Gasteiger charge is -2.31. The van der Waals surface area contributed by atoms with Crippen molar-refractivity contribution < 1.29 is 4.39 Å². The molecule has 2 aromatic carbocycles. The summed E-state index contributed by atoms with van der Waals surface area (Å²) in [6.45, 7) is 2.18. The molecule has 0 unspecified atom stereocenters. The van der Waals surface area contributed by atoms with Crippen LogP contribution in [0.15, 0.2) is 48.7 Å². The minimum Gasteiger partial charge on any atom is -0.367 e. The molecule has 0 spiro atoms. The number of hydrogen-bond acceptors (Lipinski definition) is 4. The number of nitrogens with zero attached hydrogens (tertiary/aromatic N) is 3. The first-order chi connectivity index (χ1) is 16.0. The molecular formula is C26H25Cl2FN4. The topological polar surface area (TPSA) is 50.7 Å². The lowest BCUT2D eigenvalue weighted by molar-refractivity contribution is 0.302. The maximum atomic E-state index is 13.9. The van der Waals surface area contributed by atoms with E-state index in [0.29, 0.717) is 16.9 Å². The summed E-state index contributed by atoms with van der Waals surface area (Å²) in [7, 11) is 0. The molecule has 1 saturated carbocycles. The Morgan fingerprint density at radius 1 is 0.970 bits per heavy atom. The highest BCUT2D eigenvalue weighted by atomic mass is 35.5. The van der Waals surface area contributed by atoms with E-state index in [4.69, 9.17) is 23.2 Å². The first-order valence-corrected chi connectivity index (χ1v) is 12.2. The molecule has 2 aromatic heterocycles. The zero-order chi connectivity index (χ0) is 22.9. The number of nitrogens with one attached hydrogen (secondary N) is 1. The summed E-state index contributed by atoms with van der Waals surface area (Å²) >= 11 is 12.3. The van der Waals surface area contributed by atoms with Crippen LogP contribution in [-0.4, -0.2) is 21.0 Å². The Hall–Kier alpha value is -2.50. The van der Waals surface area contributed by atoms with Crippen LogP contribution in [0.4, 0.5) is 10.2 Å². The number of benzene rings is 2. The van der Waals surface area contributed by atoms with Gasteiger partial charge in [0.25, 0.3) is 0 Å². The lowest BCUT2D eigenvalue weighted by Crippen LogP contribution is -2.23. The minimum atomic E-state index is -0.205.